The molecule has 0 aliphatic carbocycles. The standard InChI is InChI=1S/C14H16O7/c1-14(2)19-8-9(20-14)7-18-12(15)10-5-3-4-6-11(10)13(16)21-17/h3-6,9,17H,7-8H2,1-2H3. The molecular weight excluding hydrogens is 280 g/mol. The van der Waals surface area contributed by atoms with E-state index in [0.717, 1.165) is 0 Å². The van der Waals surface area contributed by atoms with Gasteiger partial charge >= 0.3 is 11.9 Å². The third-order valence-corrected chi connectivity index (χ3v) is 2.92. The Bertz CT molecular complexity index is 538. The number of hydrogen-bond donors (Lipinski definition) is 1. The van der Waals surface area contributed by atoms with Gasteiger partial charge in [-0.2, -0.15) is 5.26 Å². The Morgan fingerprint density at radius 1 is 1.29 bits per heavy atom. The van der Waals surface area contributed by atoms with Crippen LogP contribution in [0.15, 0.2) is 24.3 Å². The summed E-state index contributed by atoms with van der Waals surface area (Å²) >= 11 is 0. The van der Waals surface area contributed by atoms with E-state index in [0.29, 0.717) is 6.61 Å². The molecular formula is C14H16O7. The van der Waals surface area contributed by atoms with Crippen molar-refractivity contribution < 1.29 is 33.9 Å². The second kappa shape index (κ2) is 6.21. The quantitative estimate of drug-likeness (QED) is 0.513. The Morgan fingerprint density at radius 2 is 1.90 bits per heavy atom. The molecule has 0 bridgehead atoms. The van der Waals surface area contributed by atoms with Crippen LogP contribution in [-0.4, -0.2) is 42.3 Å². The lowest BCUT2D eigenvalue weighted by Crippen LogP contribution is -2.25. The first-order valence-corrected chi connectivity index (χ1v) is 6.36. The number of hydrogen-bond acceptors (Lipinski definition) is 7. The van der Waals surface area contributed by atoms with Crippen molar-refractivity contribution in [1.29, 1.82) is 0 Å². The summed E-state index contributed by atoms with van der Waals surface area (Å²) in [6.45, 7) is 3.86. The van der Waals surface area contributed by atoms with Gasteiger partial charge in [-0.05, 0) is 26.0 Å². The molecule has 1 N–H and O–H groups in total. The Labute approximate surface area is 121 Å². The van der Waals surface area contributed by atoms with Crippen molar-refractivity contribution in [3.63, 3.8) is 0 Å². The molecule has 1 unspecified atom stereocenters. The monoisotopic (exact) mass is 296 g/mol. The maximum absolute atomic E-state index is 12.0. The van der Waals surface area contributed by atoms with E-state index in [-0.39, 0.29) is 23.8 Å². The van der Waals surface area contributed by atoms with Crippen molar-refractivity contribution in [2.24, 2.45) is 0 Å². The summed E-state index contributed by atoms with van der Waals surface area (Å²) < 4.78 is 16.0. The van der Waals surface area contributed by atoms with E-state index in [2.05, 4.69) is 4.89 Å². The van der Waals surface area contributed by atoms with E-state index >= 15 is 0 Å². The van der Waals surface area contributed by atoms with Gasteiger partial charge < -0.3 is 14.2 Å². The molecule has 1 aromatic rings. The van der Waals surface area contributed by atoms with Gasteiger partial charge in [-0.1, -0.05) is 12.1 Å². The molecule has 2 rings (SSSR count). The lowest BCUT2D eigenvalue weighted by molar-refractivity contribution is -0.182. The van der Waals surface area contributed by atoms with E-state index in [1.165, 1.54) is 12.1 Å². The van der Waals surface area contributed by atoms with Gasteiger partial charge in [-0.15, -0.1) is 0 Å². The molecule has 21 heavy (non-hydrogen) atoms. The largest absolute Gasteiger partial charge is 0.459 e. The molecule has 0 spiro atoms. The highest BCUT2D eigenvalue weighted by Gasteiger charge is 2.33. The van der Waals surface area contributed by atoms with Gasteiger partial charge in [0.1, 0.15) is 12.7 Å². The first-order valence-electron chi connectivity index (χ1n) is 6.36. The van der Waals surface area contributed by atoms with Crippen LogP contribution in [0.1, 0.15) is 34.6 Å². The van der Waals surface area contributed by atoms with Gasteiger partial charge in [0.05, 0.1) is 17.7 Å². The predicted molar refractivity (Wildman–Crippen MR) is 69.7 cm³/mol. The van der Waals surface area contributed by atoms with Crippen LogP contribution in [0.4, 0.5) is 0 Å². The van der Waals surface area contributed by atoms with Crippen LogP contribution in [0.5, 0.6) is 0 Å². The van der Waals surface area contributed by atoms with Crippen molar-refractivity contribution in [2.75, 3.05) is 13.2 Å². The molecule has 1 atom stereocenters. The number of rotatable bonds is 4. The highest BCUT2D eigenvalue weighted by molar-refractivity contribution is 6.02. The Kier molecular flexibility index (Phi) is 4.56. The normalized spacial score (nSPS) is 20.0. The molecule has 0 saturated carbocycles. The second-order valence-corrected chi connectivity index (χ2v) is 4.97. The third kappa shape index (κ3) is 3.78. The lowest BCUT2D eigenvalue weighted by Gasteiger charge is -2.17. The third-order valence-electron chi connectivity index (χ3n) is 2.92. The summed E-state index contributed by atoms with van der Waals surface area (Å²) in [4.78, 5) is 27.0. The van der Waals surface area contributed by atoms with Gasteiger partial charge in [-0.3, -0.25) is 4.89 Å². The van der Waals surface area contributed by atoms with E-state index in [1.807, 2.05) is 0 Å². The first kappa shape index (κ1) is 15.4. The van der Waals surface area contributed by atoms with Crippen molar-refractivity contribution >= 4 is 11.9 Å². The summed E-state index contributed by atoms with van der Waals surface area (Å²) in [5.41, 5.74) is -0.0661. The second-order valence-electron chi connectivity index (χ2n) is 4.97. The number of esters is 1. The van der Waals surface area contributed by atoms with Crippen LogP contribution >= 0.6 is 0 Å². The maximum Gasteiger partial charge on any atom is 0.373 e. The summed E-state index contributed by atoms with van der Waals surface area (Å²) in [6, 6.07) is 5.88. The van der Waals surface area contributed by atoms with Crippen molar-refractivity contribution in [2.45, 2.75) is 25.7 Å². The zero-order chi connectivity index (χ0) is 15.5. The van der Waals surface area contributed by atoms with Crippen molar-refractivity contribution in [3.05, 3.63) is 35.4 Å². The molecule has 7 nitrogen and oxygen atoms in total. The Balaban J connectivity index is 2.00. The molecule has 0 aromatic heterocycles. The number of benzene rings is 1. The molecule has 1 aliphatic heterocycles. The van der Waals surface area contributed by atoms with Crippen LogP contribution in [0.3, 0.4) is 0 Å². The lowest BCUT2D eigenvalue weighted by atomic mass is 10.1. The minimum Gasteiger partial charge on any atom is -0.459 e. The molecule has 1 saturated heterocycles. The predicted octanol–water partition coefficient (Wildman–Crippen LogP) is 1.62. The topological polar surface area (TPSA) is 91.3 Å². The molecule has 0 amide bonds. The summed E-state index contributed by atoms with van der Waals surface area (Å²) in [5.74, 6) is -2.43. The fourth-order valence-corrected chi connectivity index (χ4v) is 1.98. The molecule has 1 aromatic carbocycles. The fourth-order valence-electron chi connectivity index (χ4n) is 1.98. The molecule has 1 fully saturated rings. The summed E-state index contributed by atoms with van der Waals surface area (Å²) in [7, 11) is 0. The Hall–Kier alpha value is -1.96. The molecule has 1 aliphatic rings. The highest BCUT2D eigenvalue weighted by atomic mass is 17.1. The van der Waals surface area contributed by atoms with Crippen LogP contribution in [-0.2, 0) is 19.1 Å². The molecule has 114 valence electrons. The highest BCUT2D eigenvalue weighted by Crippen LogP contribution is 2.22. The smallest absolute Gasteiger partial charge is 0.373 e. The molecule has 7 heteroatoms. The van der Waals surface area contributed by atoms with Gasteiger partial charge in [-0.25, -0.2) is 9.59 Å². The van der Waals surface area contributed by atoms with Crippen LogP contribution in [0.25, 0.3) is 0 Å². The number of carbonyl (C=O) groups excluding carboxylic acids is 2. The van der Waals surface area contributed by atoms with E-state index in [1.54, 1.807) is 26.0 Å². The van der Waals surface area contributed by atoms with E-state index in [4.69, 9.17) is 19.5 Å². The van der Waals surface area contributed by atoms with Crippen molar-refractivity contribution in [1.82, 2.24) is 0 Å². The van der Waals surface area contributed by atoms with E-state index < -0.39 is 17.7 Å². The van der Waals surface area contributed by atoms with Crippen LogP contribution < -0.4 is 0 Å². The minimum absolute atomic E-state index is 0.00473. The number of carbonyl (C=O) groups is 2. The van der Waals surface area contributed by atoms with Crippen molar-refractivity contribution in [3.8, 4) is 0 Å². The fraction of sp³-hybridized carbons (Fsp3) is 0.429. The van der Waals surface area contributed by atoms with Crippen LogP contribution in [0, 0.1) is 0 Å². The van der Waals surface area contributed by atoms with Gasteiger partial charge in [0, 0.05) is 0 Å². The average molecular weight is 296 g/mol. The van der Waals surface area contributed by atoms with Gasteiger partial charge in [0.15, 0.2) is 5.79 Å². The van der Waals surface area contributed by atoms with Gasteiger partial charge in [0.25, 0.3) is 0 Å². The van der Waals surface area contributed by atoms with E-state index in [9.17, 15) is 9.59 Å². The summed E-state index contributed by atoms with van der Waals surface area (Å²) in [5, 5.41) is 8.42. The zero-order valence-electron chi connectivity index (χ0n) is 11.7. The zero-order valence-corrected chi connectivity index (χ0v) is 11.7. The Morgan fingerprint density at radius 3 is 2.43 bits per heavy atom. The average Bonchev–Trinajstić information content (AvgIpc) is 2.83. The minimum atomic E-state index is -1.02. The maximum atomic E-state index is 12.0. The van der Waals surface area contributed by atoms with Gasteiger partial charge in [0.2, 0.25) is 0 Å². The molecule has 1 heterocycles. The number of ether oxygens (including phenoxy) is 3. The SMILES string of the molecule is CC1(C)OCC(COC(=O)c2ccccc2C(=O)OO)O1. The summed E-state index contributed by atoms with van der Waals surface area (Å²) in [6.07, 6.45) is -0.360. The molecule has 0 radical (unpaired) electrons. The van der Waals surface area contributed by atoms with Crippen LogP contribution in [0.2, 0.25) is 0 Å². The first-order chi connectivity index (χ1) is 9.93.